The second-order valence-electron chi connectivity index (χ2n) is 6.03. The van der Waals surface area contributed by atoms with Crippen molar-refractivity contribution in [2.75, 3.05) is 18.0 Å². The van der Waals surface area contributed by atoms with Gasteiger partial charge in [-0.2, -0.15) is 0 Å². The Morgan fingerprint density at radius 2 is 2.00 bits per heavy atom. The second-order valence-corrected chi connectivity index (χ2v) is 6.03. The van der Waals surface area contributed by atoms with Crippen LogP contribution < -0.4 is 4.90 Å². The molecule has 2 aromatic heterocycles. The maximum absolute atomic E-state index is 10.9. The highest BCUT2D eigenvalue weighted by molar-refractivity contribution is 5.34. The molecule has 0 saturated carbocycles. The van der Waals surface area contributed by atoms with Crippen molar-refractivity contribution in [2.45, 2.75) is 38.7 Å². The van der Waals surface area contributed by atoms with Crippen LogP contribution in [-0.2, 0) is 19.1 Å². The average molecular weight is 301 g/mol. The smallest absolute Gasteiger partial charge is 0.225 e. The number of aryl methyl sites for hydroxylation is 3. The van der Waals surface area contributed by atoms with Gasteiger partial charge in [-0.15, -0.1) is 0 Å². The molecule has 3 heterocycles. The maximum atomic E-state index is 10.9. The molecule has 6 nitrogen and oxygen atoms in total. The fourth-order valence-electron chi connectivity index (χ4n) is 3.05. The van der Waals surface area contributed by atoms with Crippen LogP contribution in [0.25, 0.3) is 0 Å². The Balaban J connectivity index is 1.77. The van der Waals surface area contributed by atoms with Crippen LogP contribution in [0.1, 0.15) is 37.0 Å². The topological polar surface area (TPSA) is 67.1 Å². The van der Waals surface area contributed by atoms with Gasteiger partial charge in [0.05, 0.1) is 0 Å². The number of aliphatic hydroxyl groups is 1. The Labute approximate surface area is 130 Å². The van der Waals surface area contributed by atoms with Crippen LogP contribution in [0.15, 0.2) is 18.5 Å². The number of imidazole rings is 1. The maximum Gasteiger partial charge on any atom is 0.225 e. The number of aromatic nitrogens is 4. The van der Waals surface area contributed by atoms with E-state index in [4.69, 9.17) is 0 Å². The zero-order valence-electron chi connectivity index (χ0n) is 13.5. The van der Waals surface area contributed by atoms with Crippen LogP contribution in [0.2, 0.25) is 0 Å². The van der Waals surface area contributed by atoms with E-state index in [0.29, 0.717) is 12.8 Å². The minimum Gasteiger partial charge on any atom is -0.382 e. The summed E-state index contributed by atoms with van der Waals surface area (Å²) in [6.45, 7) is 5.56. The number of piperidine rings is 1. The summed E-state index contributed by atoms with van der Waals surface area (Å²) in [6.07, 6.45) is 5.78. The molecule has 1 aliphatic heterocycles. The summed E-state index contributed by atoms with van der Waals surface area (Å²) in [7, 11) is 1.92. The lowest BCUT2D eigenvalue weighted by molar-refractivity contribution is 0.000544. The molecule has 0 bridgehead atoms. The molecule has 22 heavy (non-hydrogen) atoms. The normalized spacial score (nSPS) is 17.7. The van der Waals surface area contributed by atoms with Crippen LogP contribution >= 0.6 is 0 Å². The summed E-state index contributed by atoms with van der Waals surface area (Å²) < 4.78 is 1.90. The minimum absolute atomic E-state index is 0.636. The molecule has 1 aliphatic rings. The molecule has 118 valence electrons. The van der Waals surface area contributed by atoms with E-state index >= 15 is 0 Å². The zero-order chi connectivity index (χ0) is 15.7. The van der Waals surface area contributed by atoms with Gasteiger partial charge in [-0.25, -0.2) is 15.0 Å². The highest BCUT2D eigenvalue weighted by atomic mass is 16.3. The lowest BCUT2D eigenvalue weighted by Crippen LogP contribution is -2.44. The molecule has 0 unspecified atom stereocenters. The predicted molar refractivity (Wildman–Crippen MR) is 84.7 cm³/mol. The number of rotatable bonds is 3. The van der Waals surface area contributed by atoms with Crippen molar-refractivity contribution >= 4 is 5.95 Å². The van der Waals surface area contributed by atoms with Crippen molar-refractivity contribution in [3.63, 3.8) is 0 Å². The monoisotopic (exact) mass is 301 g/mol. The molecule has 1 saturated heterocycles. The van der Waals surface area contributed by atoms with E-state index in [2.05, 4.69) is 26.8 Å². The molecule has 2 aromatic rings. The van der Waals surface area contributed by atoms with E-state index in [0.717, 1.165) is 42.7 Å². The molecule has 1 fully saturated rings. The summed E-state index contributed by atoms with van der Waals surface area (Å²) >= 11 is 0. The second kappa shape index (κ2) is 5.68. The Morgan fingerprint density at radius 1 is 1.27 bits per heavy atom. The van der Waals surface area contributed by atoms with E-state index in [9.17, 15) is 5.11 Å². The number of anilines is 1. The lowest BCUT2D eigenvalue weighted by Gasteiger charge is -2.37. The van der Waals surface area contributed by atoms with Crippen LogP contribution in [0.5, 0.6) is 0 Å². The van der Waals surface area contributed by atoms with Gasteiger partial charge >= 0.3 is 0 Å². The fraction of sp³-hybridized carbons (Fsp3) is 0.562. The van der Waals surface area contributed by atoms with E-state index in [1.54, 1.807) is 6.20 Å². The quantitative estimate of drug-likeness (QED) is 0.932. The lowest BCUT2D eigenvalue weighted by atomic mass is 9.90. The van der Waals surface area contributed by atoms with Crippen molar-refractivity contribution in [1.82, 2.24) is 19.5 Å². The molecule has 0 spiro atoms. The van der Waals surface area contributed by atoms with Gasteiger partial charge in [0.2, 0.25) is 5.95 Å². The Hall–Kier alpha value is -1.95. The van der Waals surface area contributed by atoms with Gasteiger partial charge < -0.3 is 14.6 Å². The van der Waals surface area contributed by atoms with Crippen LogP contribution in [0.4, 0.5) is 5.95 Å². The highest BCUT2D eigenvalue weighted by Crippen LogP contribution is 2.32. The first kappa shape index (κ1) is 15.0. The summed E-state index contributed by atoms with van der Waals surface area (Å²) in [6, 6.07) is 2.03. The van der Waals surface area contributed by atoms with E-state index in [1.165, 1.54) is 0 Å². The molecule has 0 aliphatic carbocycles. The number of nitrogens with zero attached hydrogens (tertiary/aromatic N) is 5. The van der Waals surface area contributed by atoms with Gasteiger partial charge in [0.15, 0.2) is 0 Å². The summed E-state index contributed by atoms with van der Waals surface area (Å²) in [4.78, 5) is 15.6. The minimum atomic E-state index is -0.855. The first-order chi connectivity index (χ1) is 10.5. The summed E-state index contributed by atoms with van der Waals surface area (Å²) in [5, 5.41) is 10.9. The van der Waals surface area contributed by atoms with Gasteiger partial charge in [-0.3, -0.25) is 0 Å². The van der Waals surface area contributed by atoms with Crippen molar-refractivity contribution in [3.8, 4) is 0 Å². The first-order valence-electron chi connectivity index (χ1n) is 7.81. The van der Waals surface area contributed by atoms with E-state index in [1.807, 2.05) is 30.8 Å². The van der Waals surface area contributed by atoms with E-state index in [-0.39, 0.29) is 0 Å². The van der Waals surface area contributed by atoms with Crippen molar-refractivity contribution in [1.29, 1.82) is 0 Å². The molecule has 0 amide bonds. The average Bonchev–Trinajstić information content (AvgIpc) is 2.94. The van der Waals surface area contributed by atoms with Crippen LogP contribution in [0, 0.1) is 6.92 Å². The summed E-state index contributed by atoms with van der Waals surface area (Å²) in [5.74, 6) is 1.52. The number of hydrogen-bond acceptors (Lipinski definition) is 5. The highest BCUT2D eigenvalue weighted by Gasteiger charge is 2.37. The summed E-state index contributed by atoms with van der Waals surface area (Å²) in [5.41, 5.74) is 1.20. The SMILES string of the molecule is CCc1cc(C)nc(N2CCC(O)(c3nccn3C)CC2)n1. The third kappa shape index (κ3) is 2.70. The van der Waals surface area contributed by atoms with Crippen LogP contribution in [-0.4, -0.2) is 37.7 Å². The largest absolute Gasteiger partial charge is 0.382 e. The molecule has 1 N–H and O–H groups in total. The molecule has 0 aromatic carbocycles. The van der Waals surface area contributed by atoms with Gasteiger partial charge in [0.25, 0.3) is 0 Å². The molecular formula is C16H23N5O. The van der Waals surface area contributed by atoms with Crippen molar-refractivity contribution in [2.24, 2.45) is 7.05 Å². The van der Waals surface area contributed by atoms with Gasteiger partial charge in [0.1, 0.15) is 11.4 Å². The fourth-order valence-corrected chi connectivity index (χ4v) is 3.05. The first-order valence-corrected chi connectivity index (χ1v) is 7.81. The Kier molecular flexibility index (Phi) is 3.87. The van der Waals surface area contributed by atoms with E-state index < -0.39 is 5.60 Å². The third-order valence-corrected chi connectivity index (χ3v) is 4.37. The van der Waals surface area contributed by atoms with Crippen molar-refractivity contribution < 1.29 is 5.11 Å². The zero-order valence-corrected chi connectivity index (χ0v) is 13.5. The predicted octanol–water partition coefficient (Wildman–Crippen LogP) is 1.57. The number of hydrogen-bond donors (Lipinski definition) is 1. The van der Waals surface area contributed by atoms with Gasteiger partial charge in [-0.05, 0) is 19.4 Å². The molecule has 6 heteroatoms. The molecule has 0 atom stereocenters. The van der Waals surface area contributed by atoms with Crippen molar-refractivity contribution in [3.05, 3.63) is 35.7 Å². The third-order valence-electron chi connectivity index (χ3n) is 4.37. The standard InChI is InChI=1S/C16H23N5O/c1-4-13-11-12(2)18-15(19-13)21-8-5-16(22,6-9-21)14-17-7-10-20(14)3/h7,10-11,22H,4-6,8-9H2,1-3H3. The van der Waals surface area contributed by atoms with Crippen LogP contribution in [0.3, 0.4) is 0 Å². The van der Waals surface area contributed by atoms with Gasteiger partial charge in [0, 0.05) is 56.8 Å². The molecule has 0 radical (unpaired) electrons. The van der Waals surface area contributed by atoms with Gasteiger partial charge in [-0.1, -0.05) is 6.92 Å². The Morgan fingerprint density at radius 3 is 2.59 bits per heavy atom. The molecule has 3 rings (SSSR count). The molecular weight excluding hydrogens is 278 g/mol. The Bertz CT molecular complexity index is 658.